The van der Waals surface area contributed by atoms with Crippen molar-refractivity contribution in [2.75, 3.05) is 5.73 Å². The standard InChI is InChI=1S/C12H9F2N5O/c13-7-2-1-6(3-8(7)14)4-19-5-16-10-9(19)11(20)18-12(15)17-10/h1-3,5H,4H2,(H3,15,17,18,20). The van der Waals surface area contributed by atoms with E-state index in [1.54, 1.807) is 0 Å². The van der Waals surface area contributed by atoms with Crippen molar-refractivity contribution >= 4 is 17.1 Å². The van der Waals surface area contributed by atoms with Gasteiger partial charge in [0.15, 0.2) is 22.8 Å². The molecule has 3 aromatic rings. The SMILES string of the molecule is Nc1nc2ncn(Cc3ccc(F)c(F)c3)c2c(=O)[nH]1. The highest BCUT2D eigenvalue weighted by Crippen LogP contribution is 2.12. The molecule has 8 heteroatoms. The molecule has 0 atom stereocenters. The van der Waals surface area contributed by atoms with Gasteiger partial charge in [-0.05, 0) is 17.7 Å². The summed E-state index contributed by atoms with van der Waals surface area (Å²) < 4.78 is 27.5. The molecule has 0 saturated carbocycles. The van der Waals surface area contributed by atoms with E-state index in [9.17, 15) is 13.6 Å². The van der Waals surface area contributed by atoms with Gasteiger partial charge in [0.05, 0.1) is 6.33 Å². The molecule has 0 spiro atoms. The van der Waals surface area contributed by atoms with E-state index in [0.29, 0.717) is 5.56 Å². The predicted molar refractivity (Wildman–Crippen MR) is 68.0 cm³/mol. The third-order valence-corrected chi connectivity index (χ3v) is 2.84. The Morgan fingerprint density at radius 3 is 2.85 bits per heavy atom. The van der Waals surface area contributed by atoms with E-state index in [-0.39, 0.29) is 23.7 Å². The number of nitrogens with two attached hydrogens (primary N) is 1. The van der Waals surface area contributed by atoms with Crippen LogP contribution in [0.1, 0.15) is 5.56 Å². The van der Waals surface area contributed by atoms with Gasteiger partial charge in [0.2, 0.25) is 5.95 Å². The molecule has 0 saturated heterocycles. The lowest BCUT2D eigenvalue weighted by Gasteiger charge is -2.04. The lowest BCUT2D eigenvalue weighted by Crippen LogP contribution is -2.14. The van der Waals surface area contributed by atoms with Crippen LogP contribution in [-0.4, -0.2) is 19.5 Å². The monoisotopic (exact) mass is 277 g/mol. The van der Waals surface area contributed by atoms with Crippen molar-refractivity contribution in [2.24, 2.45) is 0 Å². The maximum absolute atomic E-state index is 13.2. The van der Waals surface area contributed by atoms with Crippen LogP contribution in [0.25, 0.3) is 11.2 Å². The first kappa shape index (κ1) is 12.3. The zero-order valence-corrected chi connectivity index (χ0v) is 10.1. The Balaban J connectivity index is 2.07. The van der Waals surface area contributed by atoms with Gasteiger partial charge in [-0.2, -0.15) is 4.98 Å². The minimum Gasteiger partial charge on any atom is -0.369 e. The van der Waals surface area contributed by atoms with Gasteiger partial charge in [0.25, 0.3) is 5.56 Å². The number of imidazole rings is 1. The number of fused-ring (bicyclic) bond motifs is 1. The number of hydrogen-bond donors (Lipinski definition) is 2. The van der Waals surface area contributed by atoms with Crippen molar-refractivity contribution in [1.29, 1.82) is 0 Å². The third-order valence-electron chi connectivity index (χ3n) is 2.84. The molecule has 1 aromatic carbocycles. The predicted octanol–water partition coefficient (Wildman–Crippen LogP) is 1.03. The minimum absolute atomic E-state index is 0.0272. The second kappa shape index (κ2) is 4.41. The Labute approximate surface area is 110 Å². The van der Waals surface area contributed by atoms with Crippen LogP contribution < -0.4 is 11.3 Å². The first-order valence-electron chi connectivity index (χ1n) is 5.69. The Hall–Kier alpha value is -2.77. The number of hydrogen-bond acceptors (Lipinski definition) is 4. The molecular formula is C12H9F2N5O. The largest absolute Gasteiger partial charge is 0.369 e. The molecule has 3 rings (SSSR count). The Morgan fingerprint density at radius 1 is 1.30 bits per heavy atom. The molecule has 0 aliphatic rings. The fourth-order valence-electron chi connectivity index (χ4n) is 1.96. The topological polar surface area (TPSA) is 89.6 Å². The Kier molecular flexibility index (Phi) is 2.70. The number of nitrogen functional groups attached to an aromatic ring is 1. The lowest BCUT2D eigenvalue weighted by atomic mass is 10.2. The van der Waals surface area contributed by atoms with Gasteiger partial charge in [-0.1, -0.05) is 6.07 Å². The number of aromatic nitrogens is 4. The van der Waals surface area contributed by atoms with Crippen LogP contribution in [0.3, 0.4) is 0 Å². The van der Waals surface area contributed by atoms with E-state index >= 15 is 0 Å². The minimum atomic E-state index is -0.941. The third kappa shape index (κ3) is 2.00. The van der Waals surface area contributed by atoms with Gasteiger partial charge in [-0.25, -0.2) is 13.8 Å². The van der Waals surface area contributed by atoms with Crippen LogP contribution in [0.5, 0.6) is 0 Å². The summed E-state index contributed by atoms with van der Waals surface area (Å²) in [6.45, 7) is 0.169. The maximum Gasteiger partial charge on any atom is 0.278 e. The number of halogens is 2. The van der Waals surface area contributed by atoms with E-state index in [2.05, 4.69) is 15.0 Å². The molecular weight excluding hydrogens is 268 g/mol. The normalized spacial score (nSPS) is 11.1. The number of benzene rings is 1. The van der Waals surface area contributed by atoms with Gasteiger partial charge in [-0.3, -0.25) is 9.78 Å². The molecule has 0 aliphatic heterocycles. The number of anilines is 1. The van der Waals surface area contributed by atoms with E-state index < -0.39 is 17.2 Å². The number of H-pyrrole nitrogens is 1. The average molecular weight is 277 g/mol. The average Bonchev–Trinajstić information content (AvgIpc) is 2.77. The van der Waals surface area contributed by atoms with Crippen molar-refractivity contribution in [1.82, 2.24) is 19.5 Å². The molecule has 0 unspecified atom stereocenters. The van der Waals surface area contributed by atoms with Crippen LogP contribution in [-0.2, 0) is 6.54 Å². The highest BCUT2D eigenvalue weighted by atomic mass is 19.2. The molecule has 2 heterocycles. The number of rotatable bonds is 2. The van der Waals surface area contributed by atoms with Crippen LogP contribution in [0.15, 0.2) is 29.3 Å². The highest BCUT2D eigenvalue weighted by molar-refractivity contribution is 5.70. The van der Waals surface area contributed by atoms with Crippen molar-refractivity contribution < 1.29 is 8.78 Å². The van der Waals surface area contributed by atoms with Gasteiger partial charge in [0.1, 0.15) is 0 Å². The summed E-state index contributed by atoms with van der Waals surface area (Å²) in [5, 5.41) is 0. The molecule has 6 nitrogen and oxygen atoms in total. The van der Waals surface area contributed by atoms with Crippen molar-refractivity contribution in [3.63, 3.8) is 0 Å². The van der Waals surface area contributed by atoms with Gasteiger partial charge >= 0.3 is 0 Å². The molecule has 20 heavy (non-hydrogen) atoms. The van der Waals surface area contributed by atoms with Crippen LogP contribution in [0.4, 0.5) is 14.7 Å². The first-order chi connectivity index (χ1) is 9.54. The number of nitrogens with one attached hydrogen (secondary N) is 1. The molecule has 0 radical (unpaired) electrons. The Bertz CT molecular complexity index is 855. The van der Waals surface area contributed by atoms with E-state index in [1.807, 2.05) is 0 Å². The zero-order valence-electron chi connectivity index (χ0n) is 10.1. The fraction of sp³-hybridized carbons (Fsp3) is 0.0833. The van der Waals surface area contributed by atoms with E-state index in [4.69, 9.17) is 5.73 Å². The second-order valence-electron chi connectivity index (χ2n) is 4.24. The summed E-state index contributed by atoms with van der Waals surface area (Å²) >= 11 is 0. The molecule has 102 valence electrons. The maximum atomic E-state index is 13.2. The molecule has 0 fully saturated rings. The van der Waals surface area contributed by atoms with Crippen molar-refractivity contribution in [2.45, 2.75) is 6.54 Å². The summed E-state index contributed by atoms with van der Waals surface area (Å²) in [5.41, 5.74) is 5.91. The molecule has 2 aromatic heterocycles. The van der Waals surface area contributed by atoms with Crippen LogP contribution in [0.2, 0.25) is 0 Å². The van der Waals surface area contributed by atoms with Crippen molar-refractivity contribution in [3.05, 3.63) is 52.1 Å². The molecule has 0 amide bonds. The molecule has 0 aliphatic carbocycles. The number of nitrogens with zero attached hydrogens (tertiary/aromatic N) is 3. The highest BCUT2D eigenvalue weighted by Gasteiger charge is 2.10. The summed E-state index contributed by atoms with van der Waals surface area (Å²) in [4.78, 5) is 22.0. The Morgan fingerprint density at radius 2 is 2.10 bits per heavy atom. The second-order valence-corrected chi connectivity index (χ2v) is 4.24. The van der Waals surface area contributed by atoms with E-state index in [1.165, 1.54) is 17.0 Å². The van der Waals surface area contributed by atoms with Gasteiger partial charge in [-0.15, -0.1) is 0 Å². The smallest absolute Gasteiger partial charge is 0.278 e. The van der Waals surface area contributed by atoms with Crippen molar-refractivity contribution in [3.8, 4) is 0 Å². The van der Waals surface area contributed by atoms with Crippen LogP contribution >= 0.6 is 0 Å². The molecule has 3 N–H and O–H groups in total. The lowest BCUT2D eigenvalue weighted by molar-refractivity contribution is 0.506. The summed E-state index contributed by atoms with van der Waals surface area (Å²) in [7, 11) is 0. The fourth-order valence-corrected chi connectivity index (χ4v) is 1.96. The number of aromatic amines is 1. The van der Waals surface area contributed by atoms with Gasteiger partial charge < -0.3 is 10.3 Å². The first-order valence-corrected chi connectivity index (χ1v) is 5.69. The van der Waals surface area contributed by atoms with Gasteiger partial charge in [0, 0.05) is 6.54 Å². The molecule has 0 bridgehead atoms. The zero-order chi connectivity index (χ0) is 14.3. The summed E-state index contributed by atoms with van der Waals surface area (Å²) in [6.07, 6.45) is 1.40. The van der Waals surface area contributed by atoms with Crippen LogP contribution in [0, 0.1) is 11.6 Å². The van der Waals surface area contributed by atoms with E-state index in [0.717, 1.165) is 12.1 Å². The quantitative estimate of drug-likeness (QED) is 0.732. The summed E-state index contributed by atoms with van der Waals surface area (Å²) in [6, 6.07) is 3.54. The summed E-state index contributed by atoms with van der Waals surface area (Å²) in [5.74, 6) is -1.89.